The Bertz CT molecular complexity index is 947. The number of benzene rings is 1. The number of carbonyl (C=O) groups is 2. The molecule has 0 spiro atoms. The number of oxime groups is 1. The van der Waals surface area contributed by atoms with Crippen LogP contribution in [0.1, 0.15) is 28.8 Å². The SMILES string of the molecule is CON=CC=CC(=O)NC=CCC1CC2OC2C=CC=Cc2cccc(O)c2C(=O)O1. The van der Waals surface area contributed by atoms with Crippen LogP contribution in [0.5, 0.6) is 5.75 Å². The van der Waals surface area contributed by atoms with Crippen LogP contribution in [0.25, 0.3) is 6.08 Å². The number of nitrogens with zero attached hydrogens (tertiary/aromatic N) is 1. The van der Waals surface area contributed by atoms with Gasteiger partial charge in [-0.1, -0.05) is 47.7 Å². The fourth-order valence-corrected chi connectivity index (χ4v) is 3.06. The molecule has 1 saturated heterocycles. The highest BCUT2D eigenvalue weighted by Gasteiger charge is 2.39. The van der Waals surface area contributed by atoms with Crippen LogP contribution in [0.4, 0.5) is 0 Å². The van der Waals surface area contributed by atoms with Crippen LogP contribution < -0.4 is 5.32 Å². The van der Waals surface area contributed by atoms with Gasteiger partial charge in [0, 0.05) is 25.1 Å². The second-order valence-corrected chi connectivity index (χ2v) is 6.83. The first-order chi connectivity index (χ1) is 15.1. The van der Waals surface area contributed by atoms with Crippen LogP contribution in [-0.2, 0) is 19.1 Å². The summed E-state index contributed by atoms with van der Waals surface area (Å²) in [5.41, 5.74) is 0.681. The highest BCUT2D eigenvalue weighted by atomic mass is 16.6. The van der Waals surface area contributed by atoms with Crippen molar-refractivity contribution in [2.24, 2.45) is 5.16 Å². The van der Waals surface area contributed by atoms with Crippen LogP contribution in [0.2, 0.25) is 0 Å². The van der Waals surface area contributed by atoms with E-state index in [2.05, 4.69) is 15.3 Å². The van der Waals surface area contributed by atoms with E-state index < -0.39 is 12.1 Å². The van der Waals surface area contributed by atoms with Crippen molar-refractivity contribution in [1.82, 2.24) is 5.32 Å². The van der Waals surface area contributed by atoms with Gasteiger partial charge in [-0.05, 0) is 17.7 Å². The minimum Gasteiger partial charge on any atom is -0.507 e. The third kappa shape index (κ3) is 6.68. The van der Waals surface area contributed by atoms with Crippen LogP contribution in [0, 0.1) is 0 Å². The predicted molar refractivity (Wildman–Crippen MR) is 115 cm³/mol. The Balaban J connectivity index is 1.66. The molecule has 3 atom stereocenters. The van der Waals surface area contributed by atoms with Gasteiger partial charge in [0.1, 0.15) is 30.6 Å². The van der Waals surface area contributed by atoms with Gasteiger partial charge in [-0.3, -0.25) is 4.79 Å². The quantitative estimate of drug-likeness (QED) is 0.239. The Morgan fingerprint density at radius 2 is 2.26 bits per heavy atom. The lowest BCUT2D eigenvalue weighted by molar-refractivity contribution is -0.115. The molecule has 3 rings (SSSR count). The predicted octanol–water partition coefficient (Wildman–Crippen LogP) is 2.87. The molecular formula is C23H24N2O6. The number of allylic oxidation sites excluding steroid dienone is 3. The standard InChI is InChI=1S/C23H24N2O6/c1-29-25-14-6-12-21(27)24-13-5-9-17-15-20-19(31-20)11-3-2-7-16-8-4-10-18(26)22(16)23(28)30-17/h2-8,10-14,17,19-20,26H,9,15H2,1H3,(H,24,27). The van der Waals surface area contributed by atoms with Gasteiger partial charge in [0.2, 0.25) is 5.91 Å². The van der Waals surface area contributed by atoms with Crippen LogP contribution in [0.3, 0.4) is 0 Å². The molecule has 2 aliphatic heterocycles. The van der Waals surface area contributed by atoms with Crippen LogP contribution >= 0.6 is 0 Å². The molecule has 1 aromatic rings. The summed E-state index contributed by atoms with van der Waals surface area (Å²) in [5.74, 6) is -1.09. The molecule has 162 valence electrons. The van der Waals surface area contributed by atoms with Gasteiger partial charge in [-0.15, -0.1) is 0 Å². The highest BCUT2D eigenvalue weighted by Crippen LogP contribution is 2.31. The van der Waals surface area contributed by atoms with Crippen molar-refractivity contribution in [3.05, 3.63) is 72.0 Å². The van der Waals surface area contributed by atoms with Gasteiger partial charge in [-0.2, -0.15) is 0 Å². The molecule has 1 amide bonds. The molecule has 0 aliphatic carbocycles. The lowest BCUT2D eigenvalue weighted by Crippen LogP contribution is -2.21. The fraction of sp³-hybridized carbons (Fsp3) is 0.261. The number of esters is 1. The Morgan fingerprint density at radius 1 is 1.39 bits per heavy atom. The summed E-state index contributed by atoms with van der Waals surface area (Å²) in [7, 11) is 1.41. The number of hydrogen-bond acceptors (Lipinski definition) is 7. The molecule has 1 fully saturated rings. The third-order valence-corrected chi connectivity index (χ3v) is 4.60. The van der Waals surface area contributed by atoms with E-state index in [1.54, 1.807) is 30.4 Å². The summed E-state index contributed by atoms with van der Waals surface area (Å²) in [5, 5.41) is 16.3. The molecular weight excluding hydrogens is 400 g/mol. The molecule has 0 bridgehead atoms. The van der Waals surface area contributed by atoms with Gasteiger partial charge in [0.15, 0.2) is 0 Å². The summed E-state index contributed by atoms with van der Waals surface area (Å²) >= 11 is 0. The number of phenolic OH excluding ortho intramolecular Hbond substituents is 1. The zero-order chi connectivity index (χ0) is 22.1. The van der Waals surface area contributed by atoms with Crippen molar-refractivity contribution in [3.8, 4) is 5.75 Å². The molecule has 0 radical (unpaired) electrons. The molecule has 1 aromatic carbocycles. The first-order valence-corrected chi connectivity index (χ1v) is 9.80. The number of carbonyl (C=O) groups excluding carboxylic acids is 2. The van der Waals surface area contributed by atoms with Crippen molar-refractivity contribution >= 4 is 24.2 Å². The normalized spacial score (nSPS) is 23.1. The van der Waals surface area contributed by atoms with Crippen molar-refractivity contribution in [2.75, 3.05) is 7.11 Å². The van der Waals surface area contributed by atoms with Crippen molar-refractivity contribution in [3.63, 3.8) is 0 Å². The lowest BCUT2D eigenvalue weighted by atomic mass is 10.0. The van der Waals surface area contributed by atoms with E-state index in [9.17, 15) is 14.7 Å². The summed E-state index contributed by atoms with van der Waals surface area (Å²) < 4.78 is 11.3. The zero-order valence-electron chi connectivity index (χ0n) is 17.0. The Hall–Kier alpha value is -3.65. The first-order valence-electron chi connectivity index (χ1n) is 9.80. The van der Waals surface area contributed by atoms with E-state index in [1.807, 2.05) is 12.2 Å². The Morgan fingerprint density at radius 3 is 3.10 bits per heavy atom. The summed E-state index contributed by atoms with van der Waals surface area (Å²) in [6, 6.07) is 4.85. The van der Waals surface area contributed by atoms with Crippen molar-refractivity contribution in [1.29, 1.82) is 0 Å². The second kappa shape index (κ2) is 10.9. The van der Waals surface area contributed by atoms with Crippen molar-refractivity contribution in [2.45, 2.75) is 31.2 Å². The lowest BCUT2D eigenvalue weighted by Gasteiger charge is -2.17. The van der Waals surface area contributed by atoms with E-state index >= 15 is 0 Å². The topological polar surface area (TPSA) is 110 Å². The molecule has 0 aromatic heterocycles. The Labute approximate surface area is 180 Å². The molecule has 31 heavy (non-hydrogen) atoms. The molecule has 2 heterocycles. The second-order valence-electron chi connectivity index (χ2n) is 6.83. The molecule has 3 unspecified atom stereocenters. The minimum atomic E-state index is -0.609. The highest BCUT2D eigenvalue weighted by molar-refractivity contribution is 5.96. The number of fused-ring (bicyclic) bond motifs is 2. The van der Waals surface area contributed by atoms with Gasteiger partial charge in [0.05, 0.1) is 12.3 Å². The summed E-state index contributed by atoms with van der Waals surface area (Å²) in [6.07, 6.45) is 14.9. The minimum absolute atomic E-state index is 0.0171. The summed E-state index contributed by atoms with van der Waals surface area (Å²) in [6.45, 7) is 0. The van der Waals surface area contributed by atoms with E-state index in [0.717, 1.165) is 0 Å². The number of phenols is 1. The van der Waals surface area contributed by atoms with E-state index in [4.69, 9.17) is 9.47 Å². The number of cyclic esters (lactones) is 1. The van der Waals surface area contributed by atoms with Gasteiger partial charge < -0.3 is 24.7 Å². The zero-order valence-corrected chi connectivity index (χ0v) is 17.0. The maximum Gasteiger partial charge on any atom is 0.342 e. The average molecular weight is 424 g/mol. The maximum absolute atomic E-state index is 12.8. The van der Waals surface area contributed by atoms with Crippen LogP contribution in [0.15, 0.2) is 66.0 Å². The van der Waals surface area contributed by atoms with Gasteiger partial charge in [0.25, 0.3) is 0 Å². The molecule has 2 aliphatic rings. The number of hydrogen-bond donors (Lipinski definition) is 2. The number of epoxide rings is 1. The number of aromatic hydroxyl groups is 1. The largest absolute Gasteiger partial charge is 0.507 e. The van der Waals surface area contributed by atoms with Gasteiger partial charge in [-0.25, -0.2) is 4.79 Å². The number of amides is 1. The van der Waals surface area contributed by atoms with Crippen LogP contribution in [-0.4, -0.2) is 48.6 Å². The van der Waals surface area contributed by atoms with Gasteiger partial charge >= 0.3 is 5.97 Å². The van der Waals surface area contributed by atoms with E-state index in [0.29, 0.717) is 18.4 Å². The molecule has 8 heteroatoms. The monoisotopic (exact) mass is 424 g/mol. The number of nitrogens with one attached hydrogen (secondary N) is 1. The summed E-state index contributed by atoms with van der Waals surface area (Å²) in [4.78, 5) is 29.0. The van der Waals surface area contributed by atoms with Crippen molar-refractivity contribution < 1.29 is 29.0 Å². The molecule has 2 N–H and O–H groups in total. The third-order valence-electron chi connectivity index (χ3n) is 4.60. The fourth-order valence-electron chi connectivity index (χ4n) is 3.06. The molecule has 8 nitrogen and oxygen atoms in total. The Kier molecular flexibility index (Phi) is 7.78. The van der Waals surface area contributed by atoms with E-state index in [1.165, 1.54) is 37.7 Å². The smallest absolute Gasteiger partial charge is 0.342 e. The molecule has 0 saturated carbocycles. The maximum atomic E-state index is 12.8. The number of ether oxygens (including phenoxy) is 2. The number of rotatable bonds is 6. The first kappa shape index (κ1) is 22.0. The average Bonchev–Trinajstić information content (AvgIpc) is 3.48. The van der Waals surface area contributed by atoms with E-state index in [-0.39, 0.29) is 29.4 Å².